The number of hydrogen-bond acceptors (Lipinski definition) is 3. The fourth-order valence-corrected chi connectivity index (χ4v) is 1.73. The minimum atomic E-state index is -0.287. The van der Waals surface area contributed by atoms with Gasteiger partial charge in [0, 0.05) is 24.9 Å². The Morgan fingerprint density at radius 2 is 1.68 bits per heavy atom. The Kier molecular flexibility index (Phi) is 4.03. The molecule has 0 aliphatic carbocycles. The molecule has 0 spiro atoms. The van der Waals surface area contributed by atoms with Crippen molar-refractivity contribution in [1.82, 2.24) is 9.88 Å². The van der Waals surface area contributed by atoms with Crippen LogP contribution in [0.3, 0.4) is 0 Å². The van der Waals surface area contributed by atoms with Crippen LogP contribution in [-0.2, 0) is 11.3 Å². The Morgan fingerprint density at radius 3 is 2.26 bits per heavy atom. The van der Waals surface area contributed by atoms with E-state index in [4.69, 9.17) is 0 Å². The summed E-state index contributed by atoms with van der Waals surface area (Å²) in [4.78, 5) is 29.1. The lowest BCUT2D eigenvalue weighted by atomic mass is 10.1. The molecule has 0 saturated heterocycles. The maximum atomic E-state index is 12.3. The highest BCUT2D eigenvalue weighted by Crippen LogP contribution is 2.09. The maximum Gasteiger partial charge on any atom is 0.260 e. The predicted molar refractivity (Wildman–Crippen MR) is 71.2 cm³/mol. The minimum Gasteiger partial charge on any atom is -0.275 e. The number of hydrogen-bond donors (Lipinski definition) is 0. The van der Waals surface area contributed by atoms with Gasteiger partial charge in [0.1, 0.15) is 0 Å². The zero-order chi connectivity index (χ0) is 13.7. The SMILES string of the molecule is CC(=O)N(Cc1ccncc1)C(=O)c1ccccc1. The van der Waals surface area contributed by atoms with Crippen molar-refractivity contribution in [3.63, 3.8) is 0 Å². The molecule has 4 nitrogen and oxygen atoms in total. The molecule has 0 atom stereocenters. The van der Waals surface area contributed by atoms with Crippen LogP contribution in [0.5, 0.6) is 0 Å². The summed E-state index contributed by atoms with van der Waals surface area (Å²) in [5.41, 5.74) is 1.38. The van der Waals surface area contributed by atoms with Gasteiger partial charge in [-0.2, -0.15) is 0 Å². The van der Waals surface area contributed by atoms with E-state index in [0.717, 1.165) is 5.56 Å². The molecule has 1 aromatic carbocycles. The summed E-state index contributed by atoms with van der Waals surface area (Å²) in [5.74, 6) is -0.560. The molecule has 0 N–H and O–H groups in total. The van der Waals surface area contributed by atoms with E-state index in [1.807, 2.05) is 6.07 Å². The van der Waals surface area contributed by atoms with Crippen molar-refractivity contribution in [1.29, 1.82) is 0 Å². The number of aromatic nitrogens is 1. The molecule has 2 aromatic rings. The fourth-order valence-electron chi connectivity index (χ4n) is 1.73. The highest BCUT2D eigenvalue weighted by atomic mass is 16.2. The maximum absolute atomic E-state index is 12.3. The summed E-state index contributed by atoms with van der Waals surface area (Å²) in [6, 6.07) is 12.4. The molecule has 0 saturated carbocycles. The first-order valence-corrected chi connectivity index (χ1v) is 5.95. The van der Waals surface area contributed by atoms with Gasteiger partial charge in [0.05, 0.1) is 6.54 Å². The van der Waals surface area contributed by atoms with E-state index in [-0.39, 0.29) is 18.4 Å². The van der Waals surface area contributed by atoms with E-state index in [2.05, 4.69) is 4.98 Å². The van der Waals surface area contributed by atoms with Gasteiger partial charge in [-0.05, 0) is 29.8 Å². The van der Waals surface area contributed by atoms with Gasteiger partial charge in [-0.3, -0.25) is 19.5 Å². The Morgan fingerprint density at radius 1 is 1.05 bits per heavy atom. The zero-order valence-electron chi connectivity index (χ0n) is 10.6. The quantitative estimate of drug-likeness (QED) is 0.844. The third-order valence-electron chi connectivity index (χ3n) is 2.74. The molecule has 1 aromatic heterocycles. The Hall–Kier alpha value is -2.49. The summed E-state index contributed by atoms with van der Waals surface area (Å²) in [5, 5.41) is 0. The van der Waals surface area contributed by atoms with Gasteiger partial charge in [0.15, 0.2) is 0 Å². The van der Waals surface area contributed by atoms with Gasteiger partial charge in [-0.25, -0.2) is 0 Å². The number of rotatable bonds is 3. The van der Waals surface area contributed by atoms with E-state index >= 15 is 0 Å². The second-order valence-electron chi connectivity index (χ2n) is 4.13. The monoisotopic (exact) mass is 254 g/mol. The molecule has 0 bridgehead atoms. The second-order valence-corrected chi connectivity index (χ2v) is 4.13. The van der Waals surface area contributed by atoms with Crippen molar-refractivity contribution in [2.45, 2.75) is 13.5 Å². The van der Waals surface area contributed by atoms with Gasteiger partial charge in [0.2, 0.25) is 5.91 Å². The van der Waals surface area contributed by atoms with Crippen molar-refractivity contribution in [2.75, 3.05) is 0 Å². The van der Waals surface area contributed by atoms with Crippen molar-refractivity contribution in [2.24, 2.45) is 0 Å². The topological polar surface area (TPSA) is 50.3 Å². The molecule has 4 heteroatoms. The molecule has 19 heavy (non-hydrogen) atoms. The molecule has 1 heterocycles. The summed E-state index contributed by atoms with van der Waals surface area (Å²) < 4.78 is 0. The molecule has 0 fully saturated rings. The summed E-state index contributed by atoms with van der Waals surface area (Å²) in [6.45, 7) is 1.65. The second kappa shape index (κ2) is 5.91. The average Bonchev–Trinajstić information content (AvgIpc) is 2.46. The highest BCUT2D eigenvalue weighted by Gasteiger charge is 2.19. The molecule has 2 amide bonds. The van der Waals surface area contributed by atoms with Crippen LogP contribution in [0.4, 0.5) is 0 Å². The van der Waals surface area contributed by atoms with Gasteiger partial charge in [-0.15, -0.1) is 0 Å². The molecular weight excluding hydrogens is 240 g/mol. The lowest BCUT2D eigenvalue weighted by molar-refractivity contribution is -0.126. The van der Waals surface area contributed by atoms with E-state index in [9.17, 15) is 9.59 Å². The van der Waals surface area contributed by atoms with Gasteiger partial charge in [-0.1, -0.05) is 18.2 Å². The largest absolute Gasteiger partial charge is 0.275 e. The number of imide groups is 1. The van der Waals surface area contributed by atoms with Crippen molar-refractivity contribution < 1.29 is 9.59 Å². The number of amides is 2. The molecule has 96 valence electrons. The Balaban J connectivity index is 2.22. The van der Waals surface area contributed by atoms with Crippen molar-refractivity contribution >= 4 is 11.8 Å². The summed E-state index contributed by atoms with van der Waals surface area (Å²) in [7, 11) is 0. The van der Waals surface area contributed by atoms with E-state index in [0.29, 0.717) is 5.56 Å². The van der Waals surface area contributed by atoms with Crippen LogP contribution in [-0.4, -0.2) is 21.7 Å². The molecule has 0 radical (unpaired) electrons. The molecule has 0 unspecified atom stereocenters. The summed E-state index contributed by atoms with van der Waals surface area (Å²) in [6.07, 6.45) is 3.28. The van der Waals surface area contributed by atoms with E-state index in [1.54, 1.807) is 48.8 Å². The number of nitrogens with zero attached hydrogens (tertiary/aromatic N) is 2. The lowest BCUT2D eigenvalue weighted by Crippen LogP contribution is -2.34. The Labute approximate surface area is 111 Å². The van der Waals surface area contributed by atoms with Crippen LogP contribution in [0.25, 0.3) is 0 Å². The third kappa shape index (κ3) is 3.25. The Bertz CT molecular complexity index is 567. The minimum absolute atomic E-state index is 0.256. The van der Waals surface area contributed by atoms with Gasteiger partial charge >= 0.3 is 0 Å². The number of benzene rings is 1. The summed E-state index contributed by atoms with van der Waals surface area (Å²) >= 11 is 0. The fraction of sp³-hybridized carbons (Fsp3) is 0.133. The van der Waals surface area contributed by atoms with Crippen LogP contribution < -0.4 is 0 Å². The molecule has 0 aliphatic heterocycles. The van der Waals surface area contributed by atoms with Crippen LogP contribution in [0.15, 0.2) is 54.9 Å². The smallest absolute Gasteiger partial charge is 0.260 e. The average molecular weight is 254 g/mol. The first kappa shape index (κ1) is 13.0. The van der Waals surface area contributed by atoms with Crippen molar-refractivity contribution in [3.05, 3.63) is 66.0 Å². The highest BCUT2D eigenvalue weighted by molar-refractivity contribution is 6.03. The predicted octanol–water partition coefficient (Wildman–Crippen LogP) is 2.27. The zero-order valence-corrected chi connectivity index (χ0v) is 10.6. The van der Waals surface area contributed by atoms with Gasteiger partial charge in [0.25, 0.3) is 5.91 Å². The standard InChI is InChI=1S/C15H14N2O2/c1-12(18)17(11-13-7-9-16-10-8-13)15(19)14-5-3-2-4-6-14/h2-10H,11H2,1H3. The van der Waals surface area contributed by atoms with Crippen LogP contribution in [0.1, 0.15) is 22.8 Å². The first-order valence-electron chi connectivity index (χ1n) is 5.95. The third-order valence-corrected chi connectivity index (χ3v) is 2.74. The van der Waals surface area contributed by atoms with Crippen LogP contribution >= 0.6 is 0 Å². The number of carbonyl (C=O) groups is 2. The molecule has 2 rings (SSSR count). The van der Waals surface area contributed by atoms with Crippen LogP contribution in [0, 0.1) is 0 Å². The van der Waals surface area contributed by atoms with Crippen molar-refractivity contribution in [3.8, 4) is 0 Å². The van der Waals surface area contributed by atoms with Gasteiger partial charge < -0.3 is 0 Å². The number of carbonyl (C=O) groups excluding carboxylic acids is 2. The van der Waals surface area contributed by atoms with Crippen LogP contribution in [0.2, 0.25) is 0 Å². The lowest BCUT2D eigenvalue weighted by Gasteiger charge is -2.19. The first-order chi connectivity index (χ1) is 9.18. The normalized spacial score (nSPS) is 9.95. The van der Waals surface area contributed by atoms with E-state index in [1.165, 1.54) is 11.8 Å². The molecular formula is C15H14N2O2. The van der Waals surface area contributed by atoms with E-state index < -0.39 is 0 Å². The number of pyridine rings is 1. The molecule has 0 aliphatic rings.